The van der Waals surface area contributed by atoms with Gasteiger partial charge in [-0.2, -0.15) is 0 Å². The Bertz CT molecular complexity index is 540. The lowest BCUT2D eigenvalue weighted by Crippen LogP contribution is -2.45. The molecule has 3 rings (SSSR count). The van der Waals surface area contributed by atoms with Crippen molar-refractivity contribution >= 4 is 17.3 Å². The van der Waals surface area contributed by atoms with Crippen LogP contribution in [0.2, 0.25) is 0 Å². The van der Waals surface area contributed by atoms with E-state index in [1.165, 1.54) is 41.3 Å². The highest BCUT2D eigenvalue weighted by molar-refractivity contribution is 7.11. The third-order valence-corrected chi connectivity index (χ3v) is 6.12. The number of guanidine groups is 1. The van der Waals surface area contributed by atoms with Crippen LogP contribution in [0.1, 0.15) is 54.6 Å². The van der Waals surface area contributed by atoms with E-state index in [-0.39, 0.29) is 5.60 Å². The van der Waals surface area contributed by atoms with Gasteiger partial charge in [-0.15, -0.1) is 11.3 Å². The molecule has 1 aromatic rings. The van der Waals surface area contributed by atoms with Crippen molar-refractivity contribution in [1.29, 1.82) is 0 Å². The molecule has 134 valence electrons. The normalized spacial score (nSPS) is 24.0. The predicted octanol–water partition coefficient (Wildman–Crippen LogP) is 2.69. The second-order valence-electron chi connectivity index (χ2n) is 7.04. The van der Waals surface area contributed by atoms with Crippen LogP contribution in [0.15, 0.2) is 4.99 Å². The summed E-state index contributed by atoms with van der Waals surface area (Å²) in [7, 11) is 1.82. The van der Waals surface area contributed by atoms with Gasteiger partial charge in [0.2, 0.25) is 0 Å². The zero-order valence-corrected chi connectivity index (χ0v) is 15.8. The molecular weight excluding hydrogens is 320 g/mol. The van der Waals surface area contributed by atoms with Gasteiger partial charge >= 0.3 is 0 Å². The van der Waals surface area contributed by atoms with Crippen molar-refractivity contribution in [1.82, 2.24) is 15.6 Å². The zero-order chi connectivity index (χ0) is 16.8. The maximum absolute atomic E-state index is 5.81. The number of nitrogens with zero attached hydrogens (tertiary/aromatic N) is 2. The highest BCUT2D eigenvalue weighted by Crippen LogP contribution is 2.27. The summed E-state index contributed by atoms with van der Waals surface area (Å²) in [5.74, 6) is 0.866. The molecule has 0 aromatic carbocycles. The van der Waals surface area contributed by atoms with Crippen LogP contribution in [0.5, 0.6) is 0 Å². The first-order valence-electron chi connectivity index (χ1n) is 9.24. The van der Waals surface area contributed by atoms with E-state index in [4.69, 9.17) is 9.72 Å². The Morgan fingerprint density at radius 3 is 2.92 bits per heavy atom. The fourth-order valence-electron chi connectivity index (χ4n) is 3.43. The Morgan fingerprint density at radius 1 is 1.29 bits per heavy atom. The minimum atomic E-state index is -0.0441. The quantitative estimate of drug-likeness (QED) is 0.470. The maximum atomic E-state index is 5.81. The fraction of sp³-hybridized carbons (Fsp3) is 0.778. The van der Waals surface area contributed by atoms with E-state index in [9.17, 15) is 0 Å². The largest absolute Gasteiger partial charge is 0.373 e. The van der Waals surface area contributed by atoms with Gasteiger partial charge in [-0.3, -0.25) is 4.99 Å². The summed E-state index contributed by atoms with van der Waals surface area (Å²) in [4.78, 5) is 10.7. The van der Waals surface area contributed by atoms with E-state index >= 15 is 0 Å². The molecule has 24 heavy (non-hydrogen) atoms. The number of nitrogens with one attached hydrogen (secondary N) is 2. The second-order valence-corrected chi connectivity index (χ2v) is 8.21. The number of thiazole rings is 1. The van der Waals surface area contributed by atoms with Gasteiger partial charge in [0, 0.05) is 38.0 Å². The van der Waals surface area contributed by atoms with Crippen molar-refractivity contribution in [2.45, 2.75) is 63.9 Å². The molecule has 0 spiro atoms. The van der Waals surface area contributed by atoms with Crippen LogP contribution >= 0.6 is 11.3 Å². The molecule has 0 saturated carbocycles. The molecule has 1 aliphatic heterocycles. The summed E-state index contributed by atoms with van der Waals surface area (Å²) in [6.45, 7) is 4.78. The van der Waals surface area contributed by atoms with Gasteiger partial charge in [-0.05, 0) is 51.9 Å². The first-order chi connectivity index (χ1) is 11.7. The molecule has 6 heteroatoms. The SMILES string of the molecule is CN=C(NCCCc1nc2c(s1)CCCC2)NCC1(C)CCCO1. The molecule has 1 unspecified atom stereocenters. The van der Waals surface area contributed by atoms with Crippen molar-refractivity contribution in [2.75, 3.05) is 26.7 Å². The number of aryl methyl sites for hydroxylation is 3. The Morgan fingerprint density at radius 2 is 2.17 bits per heavy atom. The van der Waals surface area contributed by atoms with Crippen molar-refractivity contribution in [3.05, 3.63) is 15.6 Å². The number of hydrogen-bond acceptors (Lipinski definition) is 4. The molecule has 0 bridgehead atoms. The summed E-state index contributed by atoms with van der Waals surface area (Å²) in [5, 5.41) is 8.10. The summed E-state index contributed by atoms with van der Waals surface area (Å²) in [6.07, 6.45) is 9.48. The van der Waals surface area contributed by atoms with Crippen molar-refractivity contribution in [3.63, 3.8) is 0 Å². The van der Waals surface area contributed by atoms with Crippen molar-refractivity contribution in [2.24, 2.45) is 4.99 Å². The summed E-state index contributed by atoms with van der Waals surface area (Å²) in [5.41, 5.74) is 1.33. The number of aromatic nitrogens is 1. The van der Waals surface area contributed by atoms with Crippen LogP contribution < -0.4 is 10.6 Å². The lowest BCUT2D eigenvalue weighted by molar-refractivity contribution is 0.0243. The average Bonchev–Trinajstić information content (AvgIpc) is 3.20. The molecule has 1 fully saturated rings. The summed E-state index contributed by atoms with van der Waals surface area (Å²) < 4.78 is 5.81. The zero-order valence-electron chi connectivity index (χ0n) is 15.0. The van der Waals surface area contributed by atoms with Gasteiger partial charge in [0.15, 0.2) is 5.96 Å². The third-order valence-electron chi connectivity index (χ3n) is 4.90. The summed E-state index contributed by atoms with van der Waals surface area (Å²) in [6, 6.07) is 0. The minimum Gasteiger partial charge on any atom is -0.373 e. The Kier molecular flexibility index (Phi) is 6.11. The smallest absolute Gasteiger partial charge is 0.191 e. The topological polar surface area (TPSA) is 58.5 Å². The molecule has 1 aliphatic carbocycles. The van der Waals surface area contributed by atoms with E-state index < -0.39 is 0 Å². The van der Waals surface area contributed by atoms with Crippen LogP contribution in [-0.4, -0.2) is 43.3 Å². The monoisotopic (exact) mass is 350 g/mol. The lowest BCUT2D eigenvalue weighted by atomic mass is 10.0. The molecular formula is C18H30N4OS. The Balaban J connectivity index is 1.36. The number of ether oxygens (including phenoxy) is 1. The number of aliphatic imine (C=N–C) groups is 1. The molecule has 1 aromatic heterocycles. The molecule has 2 N–H and O–H groups in total. The predicted molar refractivity (Wildman–Crippen MR) is 100 cm³/mol. The molecule has 1 atom stereocenters. The van der Waals surface area contributed by atoms with E-state index in [1.54, 1.807) is 0 Å². The third kappa shape index (κ3) is 4.70. The van der Waals surface area contributed by atoms with E-state index in [0.717, 1.165) is 51.3 Å². The van der Waals surface area contributed by atoms with Crippen LogP contribution in [0.3, 0.4) is 0 Å². The highest BCUT2D eigenvalue weighted by atomic mass is 32.1. The minimum absolute atomic E-state index is 0.0441. The van der Waals surface area contributed by atoms with Gasteiger partial charge in [0.1, 0.15) is 0 Å². The average molecular weight is 351 g/mol. The second kappa shape index (κ2) is 8.30. The van der Waals surface area contributed by atoms with Crippen LogP contribution in [0, 0.1) is 0 Å². The van der Waals surface area contributed by atoms with Crippen LogP contribution in [-0.2, 0) is 24.0 Å². The van der Waals surface area contributed by atoms with Crippen molar-refractivity contribution < 1.29 is 4.74 Å². The van der Waals surface area contributed by atoms with E-state index in [0.29, 0.717) is 0 Å². The van der Waals surface area contributed by atoms with E-state index in [1.807, 2.05) is 18.4 Å². The van der Waals surface area contributed by atoms with Crippen molar-refractivity contribution in [3.8, 4) is 0 Å². The van der Waals surface area contributed by atoms with Gasteiger partial charge in [-0.25, -0.2) is 4.98 Å². The molecule has 5 nitrogen and oxygen atoms in total. The number of fused-ring (bicyclic) bond motifs is 1. The van der Waals surface area contributed by atoms with Gasteiger partial charge < -0.3 is 15.4 Å². The molecule has 2 heterocycles. The molecule has 0 amide bonds. The van der Waals surface area contributed by atoms with Crippen LogP contribution in [0.25, 0.3) is 0 Å². The Labute approximate surface area is 149 Å². The molecule has 0 radical (unpaired) electrons. The fourth-order valence-corrected chi connectivity index (χ4v) is 4.62. The highest BCUT2D eigenvalue weighted by Gasteiger charge is 2.29. The van der Waals surface area contributed by atoms with Crippen LogP contribution in [0.4, 0.5) is 0 Å². The molecule has 1 saturated heterocycles. The standard InChI is InChI=1S/C18H30N4OS/c1-18(10-6-12-23-18)13-21-17(19-2)20-11-5-9-16-22-14-7-3-4-8-15(14)24-16/h3-13H2,1-2H3,(H2,19,20,21). The van der Waals surface area contributed by atoms with Gasteiger partial charge in [0.05, 0.1) is 16.3 Å². The molecule has 2 aliphatic rings. The first-order valence-corrected chi connectivity index (χ1v) is 10.1. The maximum Gasteiger partial charge on any atom is 0.191 e. The Hall–Kier alpha value is -1.14. The number of hydrogen-bond donors (Lipinski definition) is 2. The summed E-state index contributed by atoms with van der Waals surface area (Å²) >= 11 is 1.93. The lowest BCUT2D eigenvalue weighted by Gasteiger charge is -2.24. The number of rotatable bonds is 6. The first kappa shape index (κ1) is 17.7. The van der Waals surface area contributed by atoms with E-state index in [2.05, 4.69) is 22.5 Å². The van der Waals surface area contributed by atoms with Gasteiger partial charge in [-0.1, -0.05) is 0 Å². The van der Waals surface area contributed by atoms with Gasteiger partial charge in [0.25, 0.3) is 0 Å².